The number of nitrogens with one attached hydrogen (secondary N) is 1. The summed E-state index contributed by atoms with van der Waals surface area (Å²) in [6.07, 6.45) is 4.07. The summed E-state index contributed by atoms with van der Waals surface area (Å²) in [5.74, 6) is 0.681. The number of nitrogens with zero attached hydrogens (tertiary/aromatic N) is 3. The van der Waals surface area contributed by atoms with E-state index in [-0.39, 0.29) is 0 Å². The summed E-state index contributed by atoms with van der Waals surface area (Å²) in [4.78, 5) is 2.70. The van der Waals surface area contributed by atoms with Crippen molar-refractivity contribution in [2.24, 2.45) is 5.73 Å². The van der Waals surface area contributed by atoms with Crippen LogP contribution in [0.15, 0.2) is 12.3 Å². The molecule has 1 aliphatic rings. The van der Waals surface area contributed by atoms with E-state index >= 15 is 0 Å². The van der Waals surface area contributed by atoms with Crippen molar-refractivity contribution in [1.82, 2.24) is 15.1 Å². The van der Waals surface area contributed by atoms with Crippen LogP contribution in [-0.4, -0.2) is 46.3 Å². The van der Waals surface area contributed by atoms with E-state index in [9.17, 15) is 0 Å². The minimum atomic E-state index is 0.349. The zero-order valence-corrected chi connectivity index (χ0v) is 10.7. The average Bonchev–Trinajstić information content (AvgIpc) is 2.72. The second kappa shape index (κ2) is 5.37. The second-order valence-electron chi connectivity index (χ2n) is 4.32. The molecule has 1 aromatic heterocycles. The Balaban J connectivity index is 2.01. The van der Waals surface area contributed by atoms with Crippen LogP contribution >= 0.6 is 12.2 Å². The molecule has 1 aliphatic heterocycles. The molecule has 92 valence electrons. The Kier molecular flexibility index (Phi) is 3.86. The van der Waals surface area contributed by atoms with Crippen molar-refractivity contribution in [3.63, 3.8) is 0 Å². The zero-order valence-electron chi connectivity index (χ0n) is 9.89. The Bertz CT molecular complexity index is 409. The highest BCUT2D eigenvalue weighted by Gasteiger charge is 2.20. The van der Waals surface area contributed by atoms with Gasteiger partial charge in [-0.2, -0.15) is 5.10 Å². The fourth-order valence-corrected chi connectivity index (χ4v) is 2.28. The van der Waals surface area contributed by atoms with E-state index in [1.807, 2.05) is 0 Å². The first kappa shape index (κ1) is 12.2. The maximum atomic E-state index is 5.64. The molecule has 2 heterocycles. The fraction of sp³-hybridized carbons (Fsp3) is 0.545. The number of nitrogens with two attached hydrogens (primary N) is 1. The van der Waals surface area contributed by atoms with Crippen molar-refractivity contribution in [2.45, 2.75) is 18.9 Å². The SMILES string of the molecule is CN1CCCC1CNc1nnccc1C(N)=S. The standard InChI is InChI=1S/C11H17N5S/c1-16-6-2-3-8(16)7-13-11-9(10(12)17)4-5-14-15-11/h4-5,8H,2-3,6-7H2,1H3,(H2,12,17)(H,13,15). The number of likely N-dealkylation sites (N-methyl/N-ethyl adjacent to an activating group) is 1. The molecule has 0 saturated carbocycles. The van der Waals surface area contributed by atoms with E-state index in [4.69, 9.17) is 18.0 Å². The number of rotatable bonds is 4. The first-order valence-electron chi connectivity index (χ1n) is 5.74. The molecule has 0 amide bonds. The van der Waals surface area contributed by atoms with Gasteiger partial charge in [-0.1, -0.05) is 12.2 Å². The Hall–Kier alpha value is -1.27. The monoisotopic (exact) mass is 251 g/mol. The fourth-order valence-electron chi connectivity index (χ4n) is 2.11. The molecule has 1 fully saturated rings. The molecule has 1 unspecified atom stereocenters. The molecule has 6 heteroatoms. The lowest BCUT2D eigenvalue weighted by Gasteiger charge is -2.20. The number of thiocarbonyl (C=S) groups is 1. The average molecular weight is 251 g/mol. The minimum Gasteiger partial charge on any atom is -0.389 e. The minimum absolute atomic E-state index is 0.349. The number of hydrogen-bond acceptors (Lipinski definition) is 5. The van der Waals surface area contributed by atoms with Crippen LogP contribution in [0, 0.1) is 0 Å². The Morgan fingerprint density at radius 2 is 2.53 bits per heavy atom. The van der Waals surface area contributed by atoms with Crippen molar-refractivity contribution in [3.8, 4) is 0 Å². The predicted octanol–water partition coefficient (Wildman–Crippen LogP) is 0.617. The van der Waals surface area contributed by atoms with Gasteiger partial charge < -0.3 is 16.0 Å². The van der Waals surface area contributed by atoms with Crippen molar-refractivity contribution < 1.29 is 0 Å². The summed E-state index contributed by atoms with van der Waals surface area (Å²) in [6, 6.07) is 2.34. The van der Waals surface area contributed by atoms with E-state index in [1.165, 1.54) is 12.8 Å². The molecule has 0 spiro atoms. The number of likely N-dealkylation sites (tertiary alicyclic amines) is 1. The highest BCUT2D eigenvalue weighted by molar-refractivity contribution is 7.80. The van der Waals surface area contributed by atoms with E-state index in [0.29, 0.717) is 16.8 Å². The summed E-state index contributed by atoms with van der Waals surface area (Å²) in [5.41, 5.74) is 6.40. The first-order chi connectivity index (χ1) is 8.18. The molecule has 1 aromatic rings. The van der Waals surface area contributed by atoms with Gasteiger partial charge in [-0.25, -0.2) is 0 Å². The van der Waals surface area contributed by atoms with Gasteiger partial charge in [0.15, 0.2) is 5.82 Å². The molecule has 0 radical (unpaired) electrons. The third-order valence-electron chi connectivity index (χ3n) is 3.16. The molecule has 0 aliphatic carbocycles. The maximum absolute atomic E-state index is 5.64. The Morgan fingerprint density at radius 1 is 1.71 bits per heavy atom. The van der Waals surface area contributed by atoms with Crippen molar-refractivity contribution in [1.29, 1.82) is 0 Å². The van der Waals surface area contributed by atoms with Gasteiger partial charge in [0.1, 0.15) is 4.99 Å². The topological polar surface area (TPSA) is 67.1 Å². The van der Waals surface area contributed by atoms with Crippen LogP contribution in [0.5, 0.6) is 0 Å². The van der Waals surface area contributed by atoms with Crippen LogP contribution in [0.2, 0.25) is 0 Å². The lowest BCUT2D eigenvalue weighted by molar-refractivity contribution is 0.322. The first-order valence-corrected chi connectivity index (χ1v) is 6.15. The molecule has 0 bridgehead atoms. The highest BCUT2D eigenvalue weighted by atomic mass is 32.1. The third kappa shape index (κ3) is 2.89. The number of hydrogen-bond donors (Lipinski definition) is 2. The summed E-state index contributed by atoms with van der Waals surface area (Å²) >= 11 is 4.98. The van der Waals surface area contributed by atoms with E-state index in [2.05, 4.69) is 27.5 Å². The lowest BCUT2D eigenvalue weighted by atomic mass is 10.2. The smallest absolute Gasteiger partial charge is 0.158 e. The van der Waals surface area contributed by atoms with E-state index < -0.39 is 0 Å². The second-order valence-corrected chi connectivity index (χ2v) is 4.76. The van der Waals surface area contributed by atoms with Crippen molar-refractivity contribution >= 4 is 23.0 Å². The molecule has 0 aromatic carbocycles. The molecule has 2 rings (SSSR count). The quantitative estimate of drug-likeness (QED) is 0.765. The maximum Gasteiger partial charge on any atom is 0.158 e. The molecule has 17 heavy (non-hydrogen) atoms. The summed E-state index contributed by atoms with van der Waals surface area (Å²) < 4.78 is 0. The molecular weight excluding hydrogens is 234 g/mol. The van der Waals surface area contributed by atoms with Gasteiger partial charge >= 0.3 is 0 Å². The van der Waals surface area contributed by atoms with Gasteiger partial charge in [-0.05, 0) is 32.5 Å². The molecule has 3 N–H and O–H groups in total. The third-order valence-corrected chi connectivity index (χ3v) is 3.38. The van der Waals surface area contributed by atoms with Crippen LogP contribution in [-0.2, 0) is 0 Å². The van der Waals surface area contributed by atoms with Gasteiger partial charge in [0.25, 0.3) is 0 Å². The van der Waals surface area contributed by atoms with Gasteiger partial charge in [-0.3, -0.25) is 0 Å². The van der Waals surface area contributed by atoms with Crippen molar-refractivity contribution in [3.05, 3.63) is 17.8 Å². The zero-order chi connectivity index (χ0) is 12.3. The van der Waals surface area contributed by atoms with Gasteiger partial charge in [0.2, 0.25) is 0 Å². The predicted molar refractivity (Wildman–Crippen MR) is 72.1 cm³/mol. The normalized spacial score (nSPS) is 20.4. The summed E-state index contributed by atoms with van der Waals surface area (Å²) in [5, 5.41) is 11.2. The summed E-state index contributed by atoms with van der Waals surface area (Å²) in [6.45, 7) is 2.01. The number of anilines is 1. The van der Waals surface area contributed by atoms with Crippen LogP contribution in [0.25, 0.3) is 0 Å². The van der Waals surface area contributed by atoms with Crippen LogP contribution < -0.4 is 11.1 Å². The van der Waals surface area contributed by atoms with Gasteiger partial charge in [0, 0.05) is 12.6 Å². The van der Waals surface area contributed by atoms with Crippen LogP contribution in [0.4, 0.5) is 5.82 Å². The van der Waals surface area contributed by atoms with Gasteiger partial charge in [0.05, 0.1) is 11.8 Å². The molecular formula is C11H17N5S. The van der Waals surface area contributed by atoms with Crippen LogP contribution in [0.1, 0.15) is 18.4 Å². The molecule has 1 atom stereocenters. The Morgan fingerprint density at radius 3 is 3.18 bits per heavy atom. The molecule has 5 nitrogen and oxygen atoms in total. The van der Waals surface area contributed by atoms with Crippen molar-refractivity contribution in [2.75, 3.05) is 25.5 Å². The Labute approximate surface area is 106 Å². The van der Waals surface area contributed by atoms with Gasteiger partial charge in [-0.15, -0.1) is 5.10 Å². The van der Waals surface area contributed by atoms with E-state index in [0.717, 1.165) is 18.7 Å². The number of aromatic nitrogens is 2. The highest BCUT2D eigenvalue weighted by Crippen LogP contribution is 2.16. The molecule has 1 saturated heterocycles. The van der Waals surface area contributed by atoms with Crippen LogP contribution in [0.3, 0.4) is 0 Å². The lowest BCUT2D eigenvalue weighted by Crippen LogP contribution is -2.32. The summed E-state index contributed by atoms with van der Waals surface area (Å²) in [7, 11) is 2.14. The largest absolute Gasteiger partial charge is 0.389 e. The van der Waals surface area contributed by atoms with E-state index in [1.54, 1.807) is 12.3 Å².